The third-order valence-electron chi connectivity index (χ3n) is 11.4. The molecule has 1 aliphatic carbocycles. The van der Waals surface area contributed by atoms with Crippen LogP contribution >= 0.6 is 11.8 Å². The van der Waals surface area contributed by atoms with Crippen LogP contribution in [0.1, 0.15) is 22.3 Å². The minimum atomic E-state index is -0.542. The molecule has 2 aliphatic rings. The highest BCUT2D eigenvalue weighted by atomic mass is 32.2. The molecule has 0 saturated carbocycles. The van der Waals surface area contributed by atoms with Gasteiger partial charge in [0.25, 0.3) is 0 Å². The van der Waals surface area contributed by atoms with Crippen molar-refractivity contribution in [3.63, 3.8) is 0 Å². The van der Waals surface area contributed by atoms with E-state index in [4.69, 9.17) is 4.74 Å². The van der Waals surface area contributed by atoms with E-state index in [2.05, 4.69) is 211 Å². The van der Waals surface area contributed by atoms with E-state index >= 15 is 0 Å². The molecular weight excluding hydrogens is 699 g/mol. The summed E-state index contributed by atoms with van der Waals surface area (Å²) in [6.45, 7) is 0. The normalized spacial score (nSPS) is 14.9. The number of fused-ring (bicyclic) bond motifs is 7. The summed E-state index contributed by atoms with van der Waals surface area (Å²) in [5, 5.41) is 2.42. The Balaban J connectivity index is 1.10. The van der Waals surface area contributed by atoms with E-state index < -0.39 is 5.41 Å². The van der Waals surface area contributed by atoms with Gasteiger partial charge in [-0.05, 0) is 92.9 Å². The summed E-state index contributed by atoms with van der Waals surface area (Å²) in [4.78, 5) is 4.70. The average Bonchev–Trinajstić information content (AvgIpc) is 3.58. The van der Waals surface area contributed by atoms with Crippen LogP contribution < -0.4 is 9.64 Å². The predicted octanol–water partition coefficient (Wildman–Crippen LogP) is 14.6. The Kier molecular flexibility index (Phi) is 7.68. The zero-order valence-corrected chi connectivity index (χ0v) is 31.3. The molecule has 264 valence electrons. The fraction of sp³-hybridized carbons (Fsp3) is 0.0189. The average molecular weight is 734 g/mol. The van der Waals surface area contributed by atoms with Crippen LogP contribution in [-0.2, 0) is 5.41 Å². The maximum atomic E-state index is 6.56. The van der Waals surface area contributed by atoms with Gasteiger partial charge in [-0.15, -0.1) is 0 Å². The molecule has 0 N–H and O–H groups in total. The molecule has 0 radical (unpaired) electrons. The first-order chi connectivity index (χ1) is 27.8. The van der Waals surface area contributed by atoms with E-state index in [0.717, 1.165) is 33.5 Å². The number of hydrogen-bond acceptors (Lipinski definition) is 3. The maximum absolute atomic E-state index is 6.56. The highest BCUT2D eigenvalue weighted by molar-refractivity contribution is 7.99. The van der Waals surface area contributed by atoms with Gasteiger partial charge in [0.05, 0.1) is 20.9 Å². The van der Waals surface area contributed by atoms with Crippen LogP contribution in [0.4, 0.5) is 17.1 Å². The van der Waals surface area contributed by atoms with E-state index in [-0.39, 0.29) is 0 Å². The predicted molar refractivity (Wildman–Crippen MR) is 232 cm³/mol. The van der Waals surface area contributed by atoms with Gasteiger partial charge in [-0.1, -0.05) is 176 Å². The van der Waals surface area contributed by atoms with Crippen molar-refractivity contribution >= 4 is 39.6 Å². The van der Waals surface area contributed by atoms with Crippen LogP contribution in [-0.4, -0.2) is 0 Å². The number of nitrogens with zero attached hydrogens (tertiary/aromatic N) is 1. The summed E-state index contributed by atoms with van der Waals surface area (Å²) in [5.41, 5.74) is 12.7. The lowest BCUT2D eigenvalue weighted by Crippen LogP contribution is -2.28. The van der Waals surface area contributed by atoms with Gasteiger partial charge in [-0.25, -0.2) is 0 Å². The zero-order valence-electron chi connectivity index (χ0n) is 30.5. The Morgan fingerprint density at radius 1 is 0.429 bits per heavy atom. The lowest BCUT2D eigenvalue weighted by molar-refractivity contribution is 0.454. The minimum Gasteiger partial charge on any atom is -0.455 e. The van der Waals surface area contributed by atoms with Crippen molar-refractivity contribution < 1.29 is 4.74 Å². The molecule has 3 heteroatoms. The third kappa shape index (κ3) is 5.05. The molecular formula is C53H35NOS. The summed E-state index contributed by atoms with van der Waals surface area (Å²) >= 11 is 1.81. The van der Waals surface area contributed by atoms with Crippen LogP contribution in [0.3, 0.4) is 0 Å². The summed E-state index contributed by atoms with van der Waals surface area (Å²) in [7, 11) is 0. The molecule has 9 aromatic rings. The van der Waals surface area contributed by atoms with Crippen LogP contribution in [0.25, 0.3) is 33.0 Å². The van der Waals surface area contributed by atoms with Crippen molar-refractivity contribution in [2.24, 2.45) is 0 Å². The fourth-order valence-electron chi connectivity index (χ4n) is 8.95. The molecule has 0 fully saturated rings. The standard InChI is InChI=1S/C53H35NOS/c1-3-14-36(15-4-1)37-26-30-41(31-27-37)54(47-23-13-17-38-16-7-8-20-43(38)47)42-32-28-40(29-33-42)53(39-18-5-2-6-19-39)45-22-10-9-21-44(45)51-46(53)34-35-49-52(51)56-50-25-12-11-24-48(50)55-49/h1-35H. The van der Waals surface area contributed by atoms with Gasteiger partial charge >= 0.3 is 0 Å². The molecule has 2 nitrogen and oxygen atoms in total. The summed E-state index contributed by atoms with van der Waals surface area (Å²) < 4.78 is 6.56. The van der Waals surface area contributed by atoms with Gasteiger partial charge in [-0.2, -0.15) is 0 Å². The number of anilines is 3. The second-order valence-corrected chi connectivity index (χ2v) is 15.5. The largest absolute Gasteiger partial charge is 0.455 e. The third-order valence-corrected chi connectivity index (χ3v) is 12.6. The lowest BCUT2D eigenvalue weighted by atomic mass is 9.67. The van der Waals surface area contributed by atoms with Crippen molar-refractivity contribution in [1.29, 1.82) is 0 Å². The summed E-state index contributed by atoms with van der Waals surface area (Å²) in [6, 6.07) is 76.9. The van der Waals surface area contributed by atoms with Crippen LogP contribution in [0.5, 0.6) is 11.5 Å². The smallest absolute Gasteiger partial charge is 0.142 e. The Bertz CT molecular complexity index is 2900. The van der Waals surface area contributed by atoms with Gasteiger partial charge in [0.15, 0.2) is 0 Å². The van der Waals surface area contributed by atoms with Crippen molar-refractivity contribution in [2.45, 2.75) is 15.2 Å². The molecule has 56 heavy (non-hydrogen) atoms. The summed E-state index contributed by atoms with van der Waals surface area (Å²) in [5.74, 6) is 1.82. The molecule has 1 unspecified atom stereocenters. The first-order valence-corrected chi connectivity index (χ1v) is 19.9. The molecule has 1 aliphatic heterocycles. The zero-order chi connectivity index (χ0) is 37.1. The Morgan fingerprint density at radius 2 is 1.05 bits per heavy atom. The highest BCUT2D eigenvalue weighted by Crippen LogP contribution is 2.62. The van der Waals surface area contributed by atoms with Crippen molar-refractivity contribution in [2.75, 3.05) is 4.90 Å². The molecule has 0 aromatic heterocycles. The van der Waals surface area contributed by atoms with E-state index in [0.29, 0.717) is 0 Å². The second kappa shape index (κ2) is 13.2. The van der Waals surface area contributed by atoms with E-state index in [1.807, 2.05) is 17.8 Å². The quantitative estimate of drug-likeness (QED) is 0.169. The monoisotopic (exact) mass is 733 g/mol. The van der Waals surface area contributed by atoms with E-state index in [9.17, 15) is 0 Å². The lowest BCUT2D eigenvalue weighted by Gasteiger charge is -2.35. The Morgan fingerprint density at radius 3 is 1.88 bits per heavy atom. The Labute approximate surface area is 331 Å². The Hall–Kier alpha value is -6.81. The van der Waals surface area contributed by atoms with Crippen LogP contribution in [0.15, 0.2) is 222 Å². The first-order valence-electron chi connectivity index (χ1n) is 19.1. The molecule has 0 amide bonds. The van der Waals surface area contributed by atoms with E-state index in [1.165, 1.54) is 60.2 Å². The summed E-state index contributed by atoms with van der Waals surface area (Å²) in [6.07, 6.45) is 0. The molecule has 0 bridgehead atoms. The molecule has 0 spiro atoms. The van der Waals surface area contributed by atoms with Gasteiger partial charge < -0.3 is 9.64 Å². The molecule has 1 atom stereocenters. The molecule has 9 aromatic carbocycles. The topological polar surface area (TPSA) is 12.5 Å². The first kappa shape index (κ1) is 32.6. The van der Waals surface area contributed by atoms with Crippen molar-refractivity contribution in [3.05, 3.63) is 235 Å². The number of hydrogen-bond donors (Lipinski definition) is 0. The number of rotatable bonds is 6. The van der Waals surface area contributed by atoms with Crippen molar-refractivity contribution in [1.82, 2.24) is 0 Å². The number of para-hydroxylation sites is 1. The SMILES string of the molecule is c1ccc(-c2ccc(N(c3ccc(C4(c5ccccc5)c5ccccc5-c5c4ccc4c5Sc5ccccc5O4)cc3)c3cccc4ccccc34)cc2)cc1. The van der Waals surface area contributed by atoms with Gasteiger partial charge in [0, 0.05) is 22.3 Å². The molecule has 11 rings (SSSR count). The highest BCUT2D eigenvalue weighted by Gasteiger charge is 2.48. The van der Waals surface area contributed by atoms with Crippen LogP contribution in [0, 0.1) is 0 Å². The minimum absolute atomic E-state index is 0.542. The fourth-order valence-corrected chi connectivity index (χ4v) is 10.1. The maximum Gasteiger partial charge on any atom is 0.142 e. The number of ether oxygens (including phenoxy) is 1. The van der Waals surface area contributed by atoms with Gasteiger partial charge in [0.2, 0.25) is 0 Å². The number of benzene rings is 9. The van der Waals surface area contributed by atoms with Crippen molar-refractivity contribution in [3.8, 4) is 33.8 Å². The van der Waals surface area contributed by atoms with Gasteiger partial charge in [0.1, 0.15) is 11.5 Å². The van der Waals surface area contributed by atoms with Crippen LogP contribution in [0.2, 0.25) is 0 Å². The molecule has 0 saturated heterocycles. The van der Waals surface area contributed by atoms with Gasteiger partial charge in [-0.3, -0.25) is 0 Å². The van der Waals surface area contributed by atoms with E-state index in [1.54, 1.807) is 0 Å². The molecule has 1 heterocycles. The second-order valence-electron chi connectivity index (χ2n) is 14.4.